The number of piperidine rings is 1. The van der Waals surface area contributed by atoms with Gasteiger partial charge in [-0.05, 0) is 36.3 Å². The minimum atomic E-state index is -0.837. The summed E-state index contributed by atoms with van der Waals surface area (Å²) in [5, 5.41) is 15.3. The number of hydrogen-bond acceptors (Lipinski definition) is 9. The summed E-state index contributed by atoms with van der Waals surface area (Å²) in [4.78, 5) is 49.5. The van der Waals surface area contributed by atoms with Crippen LogP contribution in [-0.2, 0) is 14.3 Å². The van der Waals surface area contributed by atoms with Gasteiger partial charge in [-0.15, -0.1) is 11.3 Å². The molecule has 10 nitrogen and oxygen atoms in total. The number of hydrogen-bond donors (Lipinski definition) is 1. The van der Waals surface area contributed by atoms with Crippen LogP contribution in [0.15, 0.2) is 29.6 Å². The summed E-state index contributed by atoms with van der Waals surface area (Å²) in [5.74, 6) is -1.52. The Hall–Kier alpha value is -3.47. The molecule has 1 fully saturated rings. The number of nitro groups is 1. The lowest BCUT2D eigenvalue weighted by Gasteiger charge is -2.33. The Morgan fingerprint density at radius 3 is 2.59 bits per heavy atom. The van der Waals surface area contributed by atoms with E-state index < -0.39 is 29.4 Å². The van der Waals surface area contributed by atoms with Crippen molar-refractivity contribution >= 4 is 46.2 Å². The summed E-state index contributed by atoms with van der Waals surface area (Å²) in [6.07, 6.45) is 1.88. The first-order chi connectivity index (χ1) is 15.3. The molecule has 2 aromatic rings. The zero-order chi connectivity index (χ0) is 23.3. The maximum Gasteiger partial charge on any atom is 0.350 e. The van der Waals surface area contributed by atoms with Crippen LogP contribution in [0, 0.1) is 16.0 Å². The molecule has 2 heterocycles. The predicted octanol–water partition coefficient (Wildman–Crippen LogP) is 3.47. The molecule has 170 valence electrons. The van der Waals surface area contributed by atoms with Crippen LogP contribution in [0.3, 0.4) is 0 Å². The molecule has 0 spiro atoms. The van der Waals surface area contributed by atoms with Crippen molar-refractivity contribution in [2.75, 3.05) is 37.0 Å². The van der Waals surface area contributed by atoms with Gasteiger partial charge in [0.25, 0.3) is 11.6 Å². The van der Waals surface area contributed by atoms with E-state index in [2.05, 4.69) is 17.0 Å². The molecule has 32 heavy (non-hydrogen) atoms. The predicted molar refractivity (Wildman–Crippen MR) is 118 cm³/mol. The van der Waals surface area contributed by atoms with Crippen LogP contribution in [0.2, 0.25) is 0 Å². The van der Waals surface area contributed by atoms with Gasteiger partial charge in [0.1, 0.15) is 4.88 Å². The average Bonchev–Trinajstić information content (AvgIpc) is 3.25. The first kappa shape index (κ1) is 23.2. The maximum absolute atomic E-state index is 12.8. The van der Waals surface area contributed by atoms with Crippen LogP contribution in [0.1, 0.15) is 39.8 Å². The zero-order valence-corrected chi connectivity index (χ0v) is 18.5. The molecule has 1 aromatic heterocycles. The van der Waals surface area contributed by atoms with Gasteiger partial charge in [-0.1, -0.05) is 6.92 Å². The Balaban J connectivity index is 1.71. The van der Waals surface area contributed by atoms with Gasteiger partial charge in [0.2, 0.25) is 0 Å². The summed E-state index contributed by atoms with van der Waals surface area (Å²) < 4.78 is 9.80. The van der Waals surface area contributed by atoms with E-state index in [9.17, 15) is 24.5 Å². The molecule has 0 atom stereocenters. The number of nitro benzene ring substituents is 1. The van der Waals surface area contributed by atoms with Crippen molar-refractivity contribution in [2.24, 2.45) is 5.92 Å². The molecule has 0 aliphatic carbocycles. The molecule has 1 aliphatic heterocycles. The molecule has 1 saturated heterocycles. The molecular formula is C21H23N3O7S. The number of ether oxygens (including phenoxy) is 2. The van der Waals surface area contributed by atoms with E-state index in [4.69, 9.17) is 4.74 Å². The molecule has 0 bridgehead atoms. The summed E-state index contributed by atoms with van der Waals surface area (Å²) >= 11 is 1.10. The molecule has 11 heteroatoms. The largest absolute Gasteiger partial charge is 0.465 e. The van der Waals surface area contributed by atoms with Crippen molar-refractivity contribution in [3.63, 3.8) is 0 Å². The van der Waals surface area contributed by atoms with E-state index in [-0.39, 0.29) is 21.8 Å². The van der Waals surface area contributed by atoms with Gasteiger partial charge in [0.15, 0.2) is 6.61 Å². The molecular weight excluding hydrogens is 438 g/mol. The number of carbonyl (C=O) groups excluding carboxylic acids is 3. The van der Waals surface area contributed by atoms with E-state index in [1.54, 1.807) is 11.4 Å². The highest BCUT2D eigenvalue weighted by molar-refractivity contribution is 7.12. The summed E-state index contributed by atoms with van der Waals surface area (Å²) in [6.45, 7) is 2.97. The number of nitrogens with zero attached hydrogens (tertiary/aromatic N) is 2. The number of rotatable bonds is 7. The fraction of sp³-hybridized carbons (Fsp3) is 0.381. The normalized spacial score (nSPS) is 14.0. The summed E-state index contributed by atoms with van der Waals surface area (Å²) in [5.41, 5.74) is 0.587. The van der Waals surface area contributed by atoms with Crippen LogP contribution in [0.25, 0.3) is 0 Å². The number of thiophene rings is 1. The van der Waals surface area contributed by atoms with Crippen molar-refractivity contribution in [3.05, 3.63) is 50.2 Å². The minimum Gasteiger partial charge on any atom is -0.465 e. The Morgan fingerprint density at radius 1 is 1.22 bits per heavy atom. The first-order valence-corrected chi connectivity index (χ1v) is 10.8. The number of nitrogens with one attached hydrogen (secondary N) is 1. The van der Waals surface area contributed by atoms with E-state index in [0.29, 0.717) is 24.7 Å². The third-order valence-electron chi connectivity index (χ3n) is 5.18. The summed E-state index contributed by atoms with van der Waals surface area (Å²) in [7, 11) is 1.23. The number of methoxy groups -OCH3 is 1. The lowest BCUT2D eigenvalue weighted by Crippen LogP contribution is -2.34. The van der Waals surface area contributed by atoms with Gasteiger partial charge in [-0.3, -0.25) is 14.9 Å². The first-order valence-electron chi connectivity index (χ1n) is 9.96. The maximum atomic E-state index is 12.8. The minimum absolute atomic E-state index is 0.0346. The highest BCUT2D eigenvalue weighted by atomic mass is 32.1. The van der Waals surface area contributed by atoms with Gasteiger partial charge in [-0.25, -0.2) is 9.59 Å². The SMILES string of the molecule is COC(=O)c1sccc1NC(=O)COC(=O)c1cc([N+](=O)[O-])ccc1N1CCC(C)CC1. The van der Waals surface area contributed by atoms with E-state index in [0.717, 1.165) is 24.2 Å². The zero-order valence-electron chi connectivity index (χ0n) is 17.7. The van der Waals surface area contributed by atoms with Crippen LogP contribution < -0.4 is 10.2 Å². The van der Waals surface area contributed by atoms with Crippen molar-refractivity contribution in [2.45, 2.75) is 19.8 Å². The topological polar surface area (TPSA) is 128 Å². The lowest BCUT2D eigenvalue weighted by atomic mass is 9.98. The second kappa shape index (κ2) is 10.2. The van der Waals surface area contributed by atoms with Crippen molar-refractivity contribution < 1.29 is 28.8 Å². The van der Waals surface area contributed by atoms with E-state index in [1.807, 2.05) is 4.90 Å². The monoisotopic (exact) mass is 461 g/mol. The van der Waals surface area contributed by atoms with Gasteiger partial charge >= 0.3 is 11.9 Å². The van der Waals surface area contributed by atoms with E-state index in [1.165, 1.54) is 25.3 Å². The quantitative estimate of drug-likeness (QED) is 0.377. The van der Waals surface area contributed by atoms with Crippen LogP contribution >= 0.6 is 11.3 Å². The fourth-order valence-electron chi connectivity index (χ4n) is 3.38. The van der Waals surface area contributed by atoms with E-state index >= 15 is 0 Å². The number of anilines is 2. The Morgan fingerprint density at radius 2 is 1.94 bits per heavy atom. The van der Waals surface area contributed by atoms with Gasteiger partial charge in [0.05, 0.1) is 29.0 Å². The highest BCUT2D eigenvalue weighted by Gasteiger charge is 2.25. The van der Waals surface area contributed by atoms with Crippen molar-refractivity contribution in [1.82, 2.24) is 0 Å². The van der Waals surface area contributed by atoms with Crippen LogP contribution in [-0.4, -0.2) is 49.6 Å². The molecule has 1 N–H and O–H groups in total. The standard InChI is InChI=1S/C21H23N3O7S/c1-13-5-8-23(9-6-13)17-4-3-14(24(28)29)11-15(17)20(26)31-12-18(25)22-16-7-10-32-19(16)21(27)30-2/h3-4,7,10-11,13H,5-6,8-9,12H2,1-2H3,(H,22,25). The molecule has 3 rings (SSSR count). The number of esters is 2. The number of amides is 1. The lowest BCUT2D eigenvalue weighted by molar-refractivity contribution is -0.384. The number of benzene rings is 1. The molecule has 0 saturated carbocycles. The molecule has 1 amide bonds. The van der Waals surface area contributed by atoms with Gasteiger partial charge < -0.3 is 19.7 Å². The third kappa shape index (κ3) is 5.41. The second-order valence-electron chi connectivity index (χ2n) is 7.41. The van der Waals surface area contributed by atoms with Crippen molar-refractivity contribution in [3.8, 4) is 0 Å². The average molecular weight is 461 g/mol. The molecule has 1 aromatic carbocycles. The Labute approximate surface area is 188 Å². The smallest absolute Gasteiger partial charge is 0.350 e. The van der Waals surface area contributed by atoms with Crippen molar-refractivity contribution in [1.29, 1.82) is 0 Å². The Kier molecular flexibility index (Phi) is 7.41. The highest BCUT2D eigenvalue weighted by Crippen LogP contribution is 2.30. The van der Waals surface area contributed by atoms with Crippen LogP contribution in [0.5, 0.6) is 0 Å². The number of non-ortho nitro benzene ring substituents is 1. The van der Waals surface area contributed by atoms with Gasteiger partial charge in [-0.2, -0.15) is 0 Å². The summed E-state index contributed by atoms with van der Waals surface area (Å²) in [6, 6.07) is 5.59. The van der Waals surface area contributed by atoms with Gasteiger partial charge in [0, 0.05) is 25.2 Å². The number of carbonyl (C=O) groups is 3. The molecule has 0 unspecified atom stereocenters. The Bertz CT molecular complexity index is 1030. The third-order valence-corrected chi connectivity index (χ3v) is 6.07. The molecule has 1 aliphatic rings. The second-order valence-corrected chi connectivity index (χ2v) is 8.32. The fourth-order valence-corrected chi connectivity index (χ4v) is 4.15. The van der Waals surface area contributed by atoms with Crippen LogP contribution in [0.4, 0.5) is 17.1 Å². The molecule has 0 radical (unpaired) electrons.